The first-order valence-electron chi connectivity index (χ1n) is 10.0. The van der Waals surface area contributed by atoms with Gasteiger partial charge in [0.15, 0.2) is 0 Å². The number of carbonyl (C=O) groups excluding carboxylic acids is 1. The molecule has 0 unspecified atom stereocenters. The number of rotatable bonds is 6. The molecule has 2 aromatic carbocycles. The maximum Gasteiger partial charge on any atom is 0.227 e. The second kappa shape index (κ2) is 9.69. The minimum absolute atomic E-state index is 0.0446. The summed E-state index contributed by atoms with van der Waals surface area (Å²) in [6, 6.07) is 10.8. The van der Waals surface area contributed by atoms with Crippen LogP contribution in [-0.2, 0) is 27.0 Å². The highest BCUT2D eigenvalue weighted by molar-refractivity contribution is 7.88. The van der Waals surface area contributed by atoms with Crippen molar-refractivity contribution in [3.8, 4) is 0 Å². The molecule has 0 aromatic heterocycles. The molecule has 1 fully saturated rings. The fraction of sp³-hybridized carbons (Fsp3) is 0.409. The molecule has 1 N–H and O–H groups in total. The fourth-order valence-corrected chi connectivity index (χ4v) is 5.90. The van der Waals surface area contributed by atoms with Crippen LogP contribution in [0, 0.1) is 12.8 Å². The van der Waals surface area contributed by atoms with Crippen LogP contribution < -0.4 is 5.32 Å². The van der Waals surface area contributed by atoms with E-state index in [9.17, 15) is 13.2 Å². The van der Waals surface area contributed by atoms with E-state index < -0.39 is 10.0 Å². The molecule has 0 bridgehead atoms. The van der Waals surface area contributed by atoms with E-state index in [1.165, 1.54) is 4.31 Å². The SMILES string of the molecule is CCc1cccc(C)c1NC(=O)C1CCN(S(=O)(=O)Cc2ccc(Cl)cc2Cl)CC1. The standard InChI is InChI=1S/C22H26Cl2N2O3S/c1-3-16-6-4-5-15(2)21(16)25-22(27)17-9-11-26(12-10-17)30(28,29)14-18-7-8-19(23)13-20(18)24/h4-8,13,17H,3,9-12,14H2,1-2H3,(H,25,27). The lowest BCUT2D eigenvalue weighted by Crippen LogP contribution is -2.42. The third-order valence-electron chi connectivity index (χ3n) is 5.56. The maximum atomic E-state index is 12.8. The van der Waals surface area contributed by atoms with Gasteiger partial charge < -0.3 is 5.32 Å². The van der Waals surface area contributed by atoms with Crippen LogP contribution in [0.2, 0.25) is 10.0 Å². The van der Waals surface area contributed by atoms with Crippen molar-refractivity contribution in [3.63, 3.8) is 0 Å². The molecule has 162 valence electrons. The summed E-state index contributed by atoms with van der Waals surface area (Å²) >= 11 is 12.0. The largest absolute Gasteiger partial charge is 0.325 e. The molecule has 0 aliphatic carbocycles. The van der Waals surface area contributed by atoms with Crippen molar-refractivity contribution in [1.29, 1.82) is 0 Å². The van der Waals surface area contributed by atoms with Crippen LogP contribution in [0.3, 0.4) is 0 Å². The Balaban J connectivity index is 1.62. The van der Waals surface area contributed by atoms with Gasteiger partial charge in [-0.15, -0.1) is 0 Å². The van der Waals surface area contributed by atoms with Crippen molar-refractivity contribution in [2.75, 3.05) is 18.4 Å². The first kappa shape index (κ1) is 23.1. The van der Waals surface area contributed by atoms with Gasteiger partial charge in [-0.2, -0.15) is 0 Å². The number of hydrogen-bond acceptors (Lipinski definition) is 3. The van der Waals surface area contributed by atoms with Crippen molar-refractivity contribution in [1.82, 2.24) is 4.31 Å². The Hall–Kier alpha value is -1.60. The molecule has 1 aliphatic rings. The summed E-state index contributed by atoms with van der Waals surface area (Å²) in [4.78, 5) is 12.8. The molecule has 0 saturated carbocycles. The third kappa shape index (κ3) is 5.35. The Morgan fingerprint density at radius 1 is 1.13 bits per heavy atom. The van der Waals surface area contributed by atoms with Gasteiger partial charge in [0.1, 0.15) is 0 Å². The predicted molar refractivity (Wildman–Crippen MR) is 123 cm³/mol. The third-order valence-corrected chi connectivity index (χ3v) is 7.97. The Bertz CT molecular complexity index is 1030. The molecule has 30 heavy (non-hydrogen) atoms. The molecule has 3 rings (SSSR count). The lowest BCUT2D eigenvalue weighted by molar-refractivity contribution is -0.120. The van der Waals surface area contributed by atoms with Gasteiger partial charge in [-0.05, 0) is 55.0 Å². The molecule has 0 spiro atoms. The van der Waals surface area contributed by atoms with Crippen molar-refractivity contribution >= 4 is 44.8 Å². The van der Waals surface area contributed by atoms with Crippen LogP contribution in [0.4, 0.5) is 5.69 Å². The van der Waals surface area contributed by atoms with Gasteiger partial charge in [0.2, 0.25) is 15.9 Å². The monoisotopic (exact) mass is 468 g/mol. The van der Waals surface area contributed by atoms with Crippen molar-refractivity contribution in [3.05, 3.63) is 63.1 Å². The molecular formula is C22H26Cl2N2O3S. The summed E-state index contributed by atoms with van der Waals surface area (Å²) in [7, 11) is -3.52. The normalized spacial score (nSPS) is 15.9. The summed E-state index contributed by atoms with van der Waals surface area (Å²) in [6.45, 7) is 4.67. The van der Waals surface area contributed by atoms with Crippen molar-refractivity contribution in [2.45, 2.75) is 38.9 Å². The van der Waals surface area contributed by atoms with Crippen LogP contribution in [-0.4, -0.2) is 31.7 Å². The Morgan fingerprint density at radius 3 is 2.47 bits per heavy atom. The minimum Gasteiger partial charge on any atom is -0.325 e. The van der Waals surface area contributed by atoms with E-state index in [0.717, 1.165) is 23.2 Å². The zero-order valence-electron chi connectivity index (χ0n) is 17.1. The number of amides is 1. The molecule has 2 aromatic rings. The summed E-state index contributed by atoms with van der Waals surface area (Å²) in [6.07, 6.45) is 1.82. The highest BCUT2D eigenvalue weighted by Gasteiger charge is 2.31. The lowest BCUT2D eigenvalue weighted by Gasteiger charge is -2.31. The summed E-state index contributed by atoms with van der Waals surface area (Å²) in [5, 5.41) is 3.87. The van der Waals surface area contributed by atoms with E-state index in [1.54, 1.807) is 18.2 Å². The van der Waals surface area contributed by atoms with E-state index in [2.05, 4.69) is 12.2 Å². The smallest absolute Gasteiger partial charge is 0.227 e. The van der Waals surface area contributed by atoms with E-state index in [4.69, 9.17) is 23.2 Å². The zero-order chi connectivity index (χ0) is 21.9. The lowest BCUT2D eigenvalue weighted by atomic mass is 9.96. The second-order valence-corrected chi connectivity index (χ2v) is 10.4. The van der Waals surface area contributed by atoms with Crippen LogP contribution >= 0.6 is 23.2 Å². The molecule has 1 aliphatic heterocycles. The van der Waals surface area contributed by atoms with Crippen molar-refractivity contribution in [2.24, 2.45) is 5.92 Å². The van der Waals surface area contributed by atoms with E-state index in [-0.39, 0.29) is 17.6 Å². The highest BCUT2D eigenvalue weighted by atomic mass is 35.5. The van der Waals surface area contributed by atoms with E-state index >= 15 is 0 Å². The van der Waals surface area contributed by atoms with Crippen LogP contribution in [0.1, 0.15) is 36.5 Å². The van der Waals surface area contributed by atoms with Gasteiger partial charge in [-0.3, -0.25) is 4.79 Å². The number of aryl methyl sites for hydroxylation is 2. The Labute approximate surface area is 188 Å². The number of nitrogens with zero attached hydrogens (tertiary/aromatic N) is 1. The van der Waals surface area contributed by atoms with Crippen LogP contribution in [0.25, 0.3) is 0 Å². The molecule has 1 saturated heterocycles. The summed E-state index contributed by atoms with van der Waals surface area (Å²) in [5.74, 6) is -0.431. The van der Waals surface area contributed by atoms with E-state index in [1.807, 2.05) is 25.1 Å². The number of piperidine rings is 1. The van der Waals surface area contributed by atoms with Crippen molar-refractivity contribution < 1.29 is 13.2 Å². The van der Waals surface area contributed by atoms with Gasteiger partial charge in [-0.25, -0.2) is 12.7 Å². The zero-order valence-corrected chi connectivity index (χ0v) is 19.4. The minimum atomic E-state index is -3.52. The molecule has 5 nitrogen and oxygen atoms in total. The topological polar surface area (TPSA) is 66.5 Å². The Kier molecular flexibility index (Phi) is 7.45. The number of hydrogen-bond donors (Lipinski definition) is 1. The molecule has 0 atom stereocenters. The maximum absolute atomic E-state index is 12.8. The number of sulfonamides is 1. The second-order valence-electron chi connectivity index (χ2n) is 7.62. The average molecular weight is 469 g/mol. The number of halogens is 2. The quantitative estimate of drug-likeness (QED) is 0.644. The average Bonchev–Trinajstić information content (AvgIpc) is 2.71. The molecule has 8 heteroatoms. The first-order chi connectivity index (χ1) is 14.2. The number of anilines is 1. The molecule has 1 heterocycles. The number of para-hydroxylation sites is 1. The van der Waals surface area contributed by atoms with Gasteiger partial charge in [0.05, 0.1) is 5.75 Å². The predicted octanol–water partition coefficient (Wildman–Crippen LogP) is 5.04. The number of benzene rings is 2. The van der Waals surface area contributed by atoms with Crippen LogP contribution in [0.5, 0.6) is 0 Å². The summed E-state index contributed by atoms with van der Waals surface area (Å²) < 4.78 is 27.1. The van der Waals surface area contributed by atoms with Gasteiger partial charge in [0.25, 0.3) is 0 Å². The summed E-state index contributed by atoms with van der Waals surface area (Å²) in [5.41, 5.74) is 3.52. The number of carbonyl (C=O) groups is 1. The molecule has 1 amide bonds. The van der Waals surface area contributed by atoms with E-state index in [0.29, 0.717) is 41.5 Å². The molecule has 0 radical (unpaired) electrons. The highest BCUT2D eigenvalue weighted by Crippen LogP contribution is 2.28. The van der Waals surface area contributed by atoms with Gasteiger partial charge >= 0.3 is 0 Å². The number of nitrogens with one attached hydrogen (secondary N) is 1. The van der Waals surface area contributed by atoms with Gasteiger partial charge in [0, 0.05) is 34.7 Å². The molecular weight excluding hydrogens is 443 g/mol. The first-order valence-corrected chi connectivity index (χ1v) is 12.4. The fourth-order valence-electron chi connectivity index (χ4n) is 3.75. The van der Waals surface area contributed by atoms with Gasteiger partial charge in [-0.1, -0.05) is 54.4 Å². The van der Waals surface area contributed by atoms with Crippen LogP contribution in [0.15, 0.2) is 36.4 Å². The Morgan fingerprint density at radius 2 is 1.83 bits per heavy atom.